The lowest BCUT2D eigenvalue weighted by Crippen LogP contribution is -2.46. The molecule has 1 fully saturated rings. The summed E-state index contributed by atoms with van der Waals surface area (Å²) in [6.45, 7) is 2.41. The largest absolute Gasteiger partial charge is 0.314 e. The van der Waals surface area contributed by atoms with Crippen LogP contribution >= 0.6 is 38.9 Å². The molecule has 4 nitrogen and oxygen atoms in total. The molecule has 1 aliphatic heterocycles. The highest BCUT2D eigenvalue weighted by Crippen LogP contribution is 2.35. The fourth-order valence-electron chi connectivity index (χ4n) is 1.47. The smallest absolute Gasteiger partial charge is 0.252 e. The Morgan fingerprint density at radius 1 is 1.44 bits per heavy atom. The van der Waals surface area contributed by atoms with E-state index in [0.717, 1.165) is 11.3 Å². The first-order chi connectivity index (χ1) is 7.51. The molecule has 0 radical (unpaired) electrons. The fraction of sp³-hybridized carbons (Fsp3) is 0.500. The van der Waals surface area contributed by atoms with Crippen LogP contribution < -0.4 is 5.32 Å². The Balaban J connectivity index is 2.30. The van der Waals surface area contributed by atoms with Crippen molar-refractivity contribution in [3.05, 3.63) is 14.9 Å². The predicted octanol–water partition coefficient (Wildman–Crippen LogP) is 1.76. The summed E-state index contributed by atoms with van der Waals surface area (Å²) < 4.78 is 26.8. The Hall–Kier alpha value is 0.340. The van der Waals surface area contributed by atoms with Crippen LogP contribution in [-0.2, 0) is 10.0 Å². The number of thiophene rings is 1. The second-order valence-electron chi connectivity index (χ2n) is 3.34. The third kappa shape index (κ3) is 2.44. The van der Waals surface area contributed by atoms with Gasteiger partial charge in [0, 0.05) is 26.2 Å². The maximum absolute atomic E-state index is 12.2. The molecule has 8 heteroatoms. The van der Waals surface area contributed by atoms with Crippen LogP contribution in [0.3, 0.4) is 0 Å². The van der Waals surface area contributed by atoms with Gasteiger partial charge in [-0.3, -0.25) is 0 Å². The second-order valence-corrected chi connectivity index (χ2v) is 8.28. The van der Waals surface area contributed by atoms with Crippen molar-refractivity contribution in [3.8, 4) is 0 Å². The number of halogens is 2. The molecule has 1 saturated heterocycles. The summed E-state index contributed by atoms with van der Waals surface area (Å²) in [5, 5.41) is 3.56. The molecule has 2 heterocycles. The Labute approximate surface area is 112 Å². The lowest BCUT2D eigenvalue weighted by Gasteiger charge is -2.25. The van der Waals surface area contributed by atoms with E-state index in [0.29, 0.717) is 39.2 Å². The average Bonchev–Trinajstić information content (AvgIpc) is 2.61. The highest BCUT2D eigenvalue weighted by atomic mass is 79.9. The fourth-order valence-corrected chi connectivity index (χ4v) is 5.46. The Kier molecular flexibility index (Phi) is 3.93. The molecule has 90 valence electrons. The first-order valence-corrected chi connectivity index (χ1v) is 8.10. The van der Waals surface area contributed by atoms with Crippen LogP contribution in [0.2, 0.25) is 5.02 Å². The quantitative estimate of drug-likeness (QED) is 0.888. The number of rotatable bonds is 2. The van der Waals surface area contributed by atoms with E-state index in [1.54, 1.807) is 0 Å². The van der Waals surface area contributed by atoms with Gasteiger partial charge < -0.3 is 5.32 Å². The topological polar surface area (TPSA) is 49.4 Å². The first-order valence-electron chi connectivity index (χ1n) is 4.67. The molecule has 0 aliphatic carbocycles. The van der Waals surface area contributed by atoms with E-state index in [4.69, 9.17) is 11.6 Å². The highest BCUT2D eigenvalue weighted by Gasteiger charge is 2.28. The molecule has 0 atom stereocenters. The van der Waals surface area contributed by atoms with Crippen molar-refractivity contribution in [3.63, 3.8) is 0 Å². The van der Waals surface area contributed by atoms with Gasteiger partial charge in [0.1, 0.15) is 4.21 Å². The highest BCUT2D eigenvalue weighted by molar-refractivity contribution is 9.11. The molecule has 1 aliphatic rings. The van der Waals surface area contributed by atoms with Gasteiger partial charge in [0.25, 0.3) is 10.0 Å². The number of hydrogen-bond donors (Lipinski definition) is 1. The van der Waals surface area contributed by atoms with Crippen molar-refractivity contribution in [2.24, 2.45) is 0 Å². The van der Waals surface area contributed by atoms with Crippen molar-refractivity contribution in [1.29, 1.82) is 0 Å². The number of nitrogens with one attached hydrogen (secondary N) is 1. The zero-order valence-electron chi connectivity index (χ0n) is 8.24. The van der Waals surface area contributed by atoms with Crippen LogP contribution in [0.1, 0.15) is 0 Å². The van der Waals surface area contributed by atoms with Crippen LogP contribution in [0.4, 0.5) is 0 Å². The maximum atomic E-state index is 12.2. The summed E-state index contributed by atoms with van der Waals surface area (Å²) in [6.07, 6.45) is 0. The maximum Gasteiger partial charge on any atom is 0.252 e. The van der Waals surface area contributed by atoms with E-state index in [-0.39, 0.29) is 0 Å². The predicted molar refractivity (Wildman–Crippen MR) is 68.7 cm³/mol. The minimum atomic E-state index is -3.37. The summed E-state index contributed by atoms with van der Waals surface area (Å²) in [5.41, 5.74) is 0. The van der Waals surface area contributed by atoms with E-state index >= 15 is 0 Å². The third-order valence-electron chi connectivity index (χ3n) is 2.29. The summed E-state index contributed by atoms with van der Waals surface area (Å²) in [5.74, 6) is 0. The lowest BCUT2D eigenvalue weighted by atomic mass is 10.4. The van der Waals surface area contributed by atoms with E-state index in [1.165, 1.54) is 10.4 Å². The zero-order valence-corrected chi connectivity index (χ0v) is 12.2. The van der Waals surface area contributed by atoms with E-state index < -0.39 is 10.0 Å². The van der Waals surface area contributed by atoms with Gasteiger partial charge in [0.15, 0.2) is 0 Å². The SMILES string of the molecule is O=S(=O)(c1cc(Cl)c(Br)s1)N1CCNCC1. The molecule has 0 bridgehead atoms. The third-order valence-corrected chi connectivity index (χ3v) is 7.12. The van der Waals surface area contributed by atoms with E-state index in [2.05, 4.69) is 21.2 Å². The Morgan fingerprint density at radius 3 is 2.56 bits per heavy atom. The second kappa shape index (κ2) is 4.91. The van der Waals surface area contributed by atoms with Crippen LogP contribution in [0, 0.1) is 0 Å². The van der Waals surface area contributed by atoms with Gasteiger partial charge in [-0.25, -0.2) is 8.42 Å². The summed E-state index contributed by atoms with van der Waals surface area (Å²) in [6, 6.07) is 1.49. The average molecular weight is 346 g/mol. The molecule has 0 amide bonds. The Morgan fingerprint density at radius 2 is 2.06 bits per heavy atom. The molecule has 2 rings (SSSR count). The zero-order chi connectivity index (χ0) is 11.8. The molecule has 0 unspecified atom stereocenters. The summed E-state index contributed by atoms with van der Waals surface area (Å²) >= 11 is 10.2. The normalized spacial score (nSPS) is 18.9. The van der Waals surface area contributed by atoms with Crippen LogP contribution in [-0.4, -0.2) is 38.9 Å². The van der Waals surface area contributed by atoms with Gasteiger partial charge in [-0.2, -0.15) is 4.31 Å². The minimum Gasteiger partial charge on any atom is -0.314 e. The van der Waals surface area contributed by atoms with Crippen molar-refractivity contribution in [2.75, 3.05) is 26.2 Å². The van der Waals surface area contributed by atoms with E-state index in [1.807, 2.05) is 0 Å². The molecule has 1 aromatic heterocycles. The number of piperazine rings is 1. The molecular weight excluding hydrogens is 336 g/mol. The van der Waals surface area contributed by atoms with E-state index in [9.17, 15) is 8.42 Å². The van der Waals surface area contributed by atoms with Gasteiger partial charge >= 0.3 is 0 Å². The van der Waals surface area contributed by atoms with Crippen molar-refractivity contribution in [2.45, 2.75) is 4.21 Å². The van der Waals surface area contributed by atoms with Crippen LogP contribution in [0.5, 0.6) is 0 Å². The van der Waals surface area contributed by atoms with Crippen LogP contribution in [0.15, 0.2) is 14.1 Å². The minimum absolute atomic E-state index is 0.297. The molecular formula is C8H10BrClN2O2S2. The van der Waals surface area contributed by atoms with Crippen molar-refractivity contribution in [1.82, 2.24) is 9.62 Å². The van der Waals surface area contributed by atoms with Crippen molar-refractivity contribution < 1.29 is 8.42 Å². The molecule has 1 aromatic rings. The summed E-state index contributed by atoms with van der Waals surface area (Å²) in [7, 11) is -3.37. The molecule has 0 saturated carbocycles. The molecule has 0 spiro atoms. The standard InChI is InChI=1S/C8H10BrClN2O2S2/c9-8-6(10)5-7(15-8)16(13,14)12-3-1-11-2-4-12/h5,11H,1-4H2. The van der Waals surface area contributed by atoms with Crippen LogP contribution in [0.25, 0.3) is 0 Å². The molecule has 1 N–H and O–H groups in total. The van der Waals surface area contributed by atoms with Crippen molar-refractivity contribution >= 4 is 48.9 Å². The van der Waals surface area contributed by atoms with Gasteiger partial charge in [-0.15, -0.1) is 11.3 Å². The monoisotopic (exact) mass is 344 g/mol. The number of hydrogen-bond acceptors (Lipinski definition) is 4. The number of sulfonamides is 1. The molecule has 16 heavy (non-hydrogen) atoms. The lowest BCUT2D eigenvalue weighted by molar-refractivity contribution is 0.361. The number of nitrogens with zero attached hydrogens (tertiary/aromatic N) is 1. The van der Waals surface area contributed by atoms with Gasteiger partial charge in [-0.1, -0.05) is 11.6 Å². The Bertz CT molecular complexity index is 463. The van der Waals surface area contributed by atoms with Gasteiger partial charge in [-0.05, 0) is 22.0 Å². The molecule has 0 aromatic carbocycles. The first kappa shape index (κ1) is 12.8. The van der Waals surface area contributed by atoms with Gasteiger partial charge in [0.05, 0.1) is 8.81 Å². The summed E-state index contributed by atoms with van der Waals surface area (Å²) in [4.78, 5) is 0. The van der Waals surface area contributed by atoms with Gasteiger partial charge in [0.2, 0.25) is 0 Å².